The van der Waals surface area contributed by atoms with E-state index < -0.39 is 0 Å². The lowest BCUT2D eigenvalue weighted by atomic mass is 9.88. The minimum Gasteiger partial charge on any atom is -0.366 e. The van der Waals surface area contributed by atoms with Crippen LogP contribution in [-0.4, -0.2) is 49.3 Å². The first-order valence-corrected chi connectivity index (χ1v) is 9.79. The molecule has 1 amide bonds. The molecule has 2 N–H and O–H groups in total. The van der Waals surface area contributed by atoms with Crippen LogP contribution in [0.25, 0.3) is 5.78 Å². The van der Waals surface area contributed by atoms with E-state index in [1.165, 1.54) is 0 Å². The van der Waals surface area contributed by atoms with Gasteiger partial charge < -0.3 is 10.6 Å². The molecule has 29 heavy (non-hydrogen) atoms. The van der Waals surface area contributed by atoms with E-state index in [0.717, 1.165) is 22.5 Å². The second-order valence-electron chi connectivity index (χ2n) is 7.51. The van der Waals surface area contributed by atoms with Gasteiger partial charge in [-0.25, -0.2) is 4.98 Å². The van der Waals surface area contributed by atoms with Crippen molar-refractivity contribution >= 4 is 23.4 Å². The van der Waals surface area contributed by atoms with Crippen LogP contribution < -0.4 is 5.73 Å². The number of aryl methyl sites for hydroxylation is 2. The number of nitrogens with zero attached hydrogens (tertiary/aromatic N) is 5. The Balaban J connectivity index is 1.43. The number of ketones is 1. The highest BCUT2D eigenvalue weighted by molar-refractivity contribution is 5.98. The fourth-order valence-electron chi connectivity index (χ4n) is 3.97. The summed E-state index contributed by atoms with van der Waals surface area (Å²) in [7, 11) is 0. The molecule has 0 atom stereocenters. The van der Waals surface area contributed by atoms with Gasteiger partial charge in [0.25, 0.3) is 5.78 Å². The van der Waals surface area contributed by atoms with E-state index in [1.54, 1.807) is 4.52 Å². The lowest BCUT2D eigenvalue weighted by Crippen LogP contribution is -2.41. The van der Waals surface area contributed by atoms with Crippen molar-refractivity contribution in [2.24, 2.45) is 5.92 Å². The summed E-state index contributed by atoms with van der Waals surface area (Å²) < 4.78 is 1.58. The number of fused-ring (bicyclic) bond motifs is 1. The summed E-state index contributed by atoms with van der Waals surface area (Å²) in [5, 5.41) is 4.15. The Labute approximate surface area is 168 Å². The number of piperidine rings is 1. The Morgan fingerprint density at radius 3 is 2.48 bits per heavy atom. The van der Waals surface area contributed by atoms with E-state index >= 15 is 0 Å². The number of rotatable bonds is 4. The molecule has 3 heterocycles. The number of nitrogen functional groups attached to an aromatic ring is 1. The van der Waals surface area contributed by atoms with Crippen LogP contribution >= 0.6 is 0 Å². The fraction of sp³-hybridized carbons (Fsp3) is 0.381. The van der Waals surface area contributed by atoms with Crippen molar-refractivity contribution < 1.29 is 9.59 Å². The molecule has 0 bridgehead atoms. The predicted molar refractivity (Wildman–Crippen MR) is 108 cm³/mol. The van der Waals surface area contributed by atoms with Crippen molar-refractivity contribution in [3.8, 4) is 0 Å². The molecule has 1 aliphatic heterocycles. The van der Waals surface area contributed by atoms with Gasteiger partial charge in [0.2, 0.25) is 11.9 Å². The van der Waals surface area contributed by atoms with Crippen LogP contribution in [0, 0.1) is 19.8 Å². The quantitative estimate of drug-likeness (QED) is 0.681. The summed E-state index contributed by atoms with van der Waals surface area (Å²) in [6.45, 7) is 4.94. The first kappa shape index (κ1) is 19.0. The summed E-state index contributed by atoms with van der Waals surface area (Å²) >= 11 is 0. The van der Waals surface area contributed by atoms with Crippen LogP contribution in [0.15, 0.2) is 30.3 Å². The van der Waals surface area contributed by atoms with Gasteiger partial charge in [-0.1, -0.05) is 30.3 Å². The molecule has 1 fully saturated rings. The normalized spacial score (nSPS) is 15.0. The molecule has 4 rings (SSSR count). The van der Waals surface area contributed by atoms with Crippen LogP contribution in [0.2, 0.25) is 0 Å². The smallest absolute Gasteiger partial charge is 0.254 e. The minimum atomic E-state index is -0.0268. The third kappa shape index (κ3) is 3.70. The third-order valence-corrected chi connectivity index (χ3v) is 5.67. The van der Waals surface area contributed by atoms with Crippen LogP contribution in [-0.2, 0) is 11.2 Å². The molecule has 8 nitrogen and oxygen atoms in total. The number of amides is 1. The molecule has 1 saturated heterocycles. The maximum atomic E-state index is 12.9. The Hall–Kier alpha value is -3.29. The maximum absolute atomic E-state index is 12.9. The van der Waals surface area contributed by atoms with Crippen LogP contribution in [0.5, 0.6) is 0 Å². The van der Waals surface area contributed by atoms with Crippen molar-refractivity contribution in [2.45, 2.75) is 33.1 Å². The molecule has 0 aliphatic carbocycles. The molecule has 8 heteroatoms. The van der Waals surface area contributed by atoms with Gasteiger partial charge in [-0.05, 0) is 26.7 Å². The van der Waals surface area contributed by atoms with Crippen LogP contribution in [0.4, 0.5) is 5.95 Å². The highest BCUT2D eigenvalue weighted by Crippen LogP contribution is 2.23. The van der Waals surface area contributed by atoms with Crippen molar-refractivity contribution in [3.05, 3.63) is 52.8 Å². The molecule has 1 aromatic carbocycles. The first-order valence-electron chi connectivity index (χ1n) is 9.79. The largest absolute Gasteiger partial charge is 0.366 e. The Morgan fingerprint density at radius 2 is 1.79 bits per heavy atom. The van der Waals surface area contributed by atoms with Crippen molar-refractivity contribution in [1.29, 1.82) is 0 Å². The van der Waals surface area contributed by atoms with Gasteiger partial charge in [0.1, 0.15) is 0 Å². The Morgan fingerprint density at radius 1 is 1.10 bits per heavy atom. The van der Waals surface area contributed by atoms with E-state index in [0.29, 0.717) is 31.7 Å². The second kappa shape index (κ2) is 7.62. The highest BCUT2D eigenvalue weighted by Gasteiger charge is 2.28. The SMILES string of the molecule is Cc1nc2nc(N)nn2c(C)c1CC(=O)N1CCC(C(=O)c2ccccc2)CC1. The maximum Gasteiger partial charge on any atom is 0.254 e. The zero-order chi connectivity index (χ0) is 20.5. The molecule has 0 unspecified atom stereocenters. The molecule has 0 spiro atoms. The number of aromatic nitrogens is 4. The molecule has 150 valence electrons. The number of Topliss-reactive ketones (excluding diaryl/α,β-unsaturated/α-hetero) is 1. The highest BCUT2D eigenvalue weighted by atomic mass is 16.2. The lowest BCUT2D eigenvalue weighted by Gasteiger charge is -2.31. The summed E-state index contributed by atoms with van der Waals surface area (Å²) in [5.74, 6) is 0.780. The van der Waals surface area contributed by atoms with Gasteiger partial charge in [0.15, 0.2) is 5.78 Å². The average Bonchev–Trinajstić information content (AvgIpc) is 3.11. The fourth-order valence-corrected chi connectivity index (χ4v) is 3.97. The van der Waals surface area contributed by atoms with Crippen molar-refractivity contribution in [1.82, 2.24) is 24.5 Å². The van der Waals surface area contributed by atoms with Gasteiger partial charge >= 0.3 is 0 Å². The second-order valence-corrected chi connectivity index (χ2v) is 7.51. The zero-order valence-electron chi connectivity index (χ0n) is 16.6. The van der Waals surface area contributed by atoms with Gasteiger partial charge in [-0.3, -0.25) is 9.59 Å². The Bertz CT molecular complexity index is 1070. The first-order chi connectivity index (χ1) is 13.9. The summed E-state index contributed by atoms with van der Waals surface area (Å²) in [5.41, 5.74) is 8.83. The number of likely N-dealkylation sites (tertiary alicyclic amines) is 1. The molecular weight excluding hydrogens is 368 g/mol. The zero-order valence-corrected chi connectivity index (χ0v) is 16.6. The number of benzene rings is 1. The van der Waals surface area contributed by atoms with E-state index in [2.05, 4.69) is 15.1 Å². The monoisotopic (exact) mass is 392 g/mol. The molecule has 2 aromatic heterocycles. The molecule has 0 saturated carbocycles. The third-order valence-electron chi connectivity index (χ3n) is 5.67. The van der Waals surface area contributed by atoms with Gasteiger partial charge in [0, 0.05) is 41.5 Å². The topological polar surface area (TPSA) is 106 Å². The molecular formula is C21H24N6O2. The number of nitrogens with two attached hydrogens (primary N) is 1. The molecule has 1 aliphatic rings. The average molecular weight is 392 g/mol. The van der Waals surface area contributed by atoms with Crippen molar-refractivity contribution in [2.75, 3.05) is 18.8 Å². The summed E-state index contributed by atoms with van der Waals surface area (Å²) in [4.78, 5) is 35.9. The van der Waals surface area contributed by atoms with Gasteiger partial charge in [-0.15, -0.1) is 5.10 Å². The number of carbonyl (C=O) groups excluding carboxylic acids is 2. The van der Waals surface area contributed by atoms with Crippen LogP contribution in [0.1, 0.15) is 40.2 Å². The van der Waals surface area contributed by atoms with Gasteiger partial charge in [0.05, 0.1) is 6.42 Å². The Kier molecular flexibility index (Phi) is 5.00. The lowest BCUT2D eigenvalue weighted by molar-refractivity contribution is -0.131. The van der Waals surface area contributed by atoms with E-state index in [-0.39, 0.29) is 30.0 Å². The number of carbonyl (C=O) groups is 2. The van der Waals surface area contributed by atoms with Crippen molar-refractivity contribution in [3.63, 3.8) is 0 Å². The van der Waals surface area contributed by atoms with E-state index in [4.69, 9.17) is 5.73 Å². The number of hydrogen-bond donors (Lipinski definition) is 1. The summed E-state index contributed by atoms with van der Waals surface area (Å²) in [6.07, 6.45) is 1.63. The summed E-state index contributed by atoms with van der Waals surface area (Å²) in [6, 6.07) is 9.37. The standard InChI is InChI=1S/C21H24N6O2/c1-13-17(14(2)27-21(23-13)24-20(22)25-27)12-18(28)26-10-8-16(9-11-26)19(29)15-6-4-3-5-7-15/h3-7,16H,8-12H2,1-2H3,(H2,22,25). The number of anilines is 1. The van der Waals surface area contributed by atoms with E-state index in [1.807, 2.05) is 49.1 Å². The van der Waals surface area contributed by atoms with Gasteiger partial charge in [-0.2, -0.15) is 9.50 Å². The molecule has 0 radical (unpaired) electrons. The van der Waals surface area contributed by atoms with E-state index in [9.17, 15) is 9.59 Å². The van der Waals surface area contributed by atoms with Crippen LogP contribution in [0.3, 0.4) is 0 Å². The predicted octanol–water partition coefficient (Wildman–Crippen LogP) is 1.99. The number of hydrogen-bond acceptors (Lipinski definition) is 6. The molecule has 3 aromatic rings. The minimum absolute atomic E-state index is 0.0268.